The number of rotatable bonds is 4. The summed E-state index contributed by atoms with van der Waals surface area (Å²) in [6.07, 6.45) is 3.95. The molecule has 3 heterocycles. The number of H-pyrrole nitrogens is 1. The molecule has 0 aliphatic carbocycles. The normalized spacial score (nSPS) is 17.0. The average Bonchev–Trinajstić information content (AvgIpc) is 3.33. The summed E-state index contributed by atoms with van der Waals surface area (Å²) in [7, 11) is 0. The second kappa shape index (κ2) is 6.84. The zero-order valence-corrected chi connectivity index (χ0v) is 13.8. The Hall–Kier alpha value is -3.02. The number of aromatic nitrogens is 4. The number of carbonyl (C=O) groups is 1. The predicted molar refractivity (Wildman–Crippen MR) is 93.4 cm³/mol. The van der Waals surface area contributed by atoms with Gasteiger partial charge in [0.05, 0.1) is 18.2 Å². The van der Waals surface area contributed by atoms with Gasteiger partial charge < -0.3 is 4.90 Å². The van der Waals surface area contributed by atoms with Crippen molar-refractivity contribution in [1.82, 2.24) is 25.1 Å². The first-order valence-corrected chi connectivity index (χ1v) is 8.48. The number of hydrogen-bond acceptors (Lipinski definition) is 4. The lowest BCUT2D eigenvalue weighted by molar-refractivity contribution is -0.131. The molecule has 0 radical (unpaired) electrons. The van der Waals surface area contributed by atoms with Crippen LogP contribution in [0.25, 0.3) is 11.4 Å². The lowest BCUT2D eigenvalue weighted by Gasteiger charge is -2.23. The van der Waals surface area contributed by atoms with Crippen LogP contribution in [0.1, 0.15) is 30.4 Å². The number of pyridine rings is 1. The molecule has 0 bridgehead atoms. The van der Waals surface area contributed by atoms with Crippen molar-refractivity contribution in [1.29, 1.82) is 0 Å². The Morgan fingerprint density at radius 3 is 2.80 bits per heavy atom. The number of hydrogen-bond donors (Lipinski definition) is 1. The van der Waals surface area contributed by atoms with E-state index < -0.39 is 0 Å². The minimum Gasteiger partial charge on any atom is -0.334 e. The Labute approximate surface area is 145 Å². The van der Waals surface area contributed by atoms with Gasteiger partial charge in [-0.15, -0.1) is 0 Å². The van der Waals surface area contributed by atoms with Crippen LogP contribution in [0, 0.1) is 0 Å². The first kappa shape index (κ1) is 15.5. The van der Waals surface area contributed by atoms with Crippen molar-refractivity contribution >= 4 is 5.91 Å². The van der Waals surface area contributed by atoms with Crippen LogP contribution in [0.15, 0.2) is 54.7 Å². The Morgan fingerprint density at radius 2 is 2.00 bits per heavy atom. The molecule has 25 heavy (non-hydrogen) atoms. The second-order valence-electron chi connectivity index (χ2n) is 6.15. The van der Waals surface area contributed by atoms with Crippen LogP contribution in [0.4, 0.5) is 0 Å². The topological polar surface area (TPSA) is 74.8 Å². The highest BCUT2D eigenvalue weighted by molar-refractivity contribution is 5.78. The second-order valence-corrected chi connectivity index (χ2v) is 6.15. The van der Waals surface area contributed by atoms with Crippen molar-refractivity contribution in [3.05, 3.63) is 66.2 Å². The third-order valence-corrected chi connectivity index (χ3v) is 4.48. The summed E-state index contributed by atoms with van der Waals surface area (Å²) in [6, 6.07) is 15.6. The number of likely N-dealkylation sites (tertiary alicyclic amines) is 1. The molecule has 0 saturated carbocycles. The number of benzene rings is 1. The van der Waals surface area contributed by atoms with Crippen molar-refractivity contribution in [2.45, 2.75) is 25.3 Å². The molecule has 0 unspecified atom stereocenters. The van der Waals surface area contributed by atoms with Gasteiger partial charge >= 0.3 is 0 Å². The number of aromatic amines is 1. The minimum absolute atomic E-state index is 0.0592. The van der Waals surface area contributed by atoms with E-state index in [4.69, 9.17) is 0 Å². The minimum atomic E-state index is 0.0592. The quantitative estimate of drug-likeness (QED) is 0.796. The summed E-state index contributed by atoms with van der Waals surface area (Å²) in [5, 5.41) is 7.11. The smallest absolute Gasteiger partial charge is 0.230 e. The van der Waals surface area contributed by atoms with Crippen molar-refractivity contribution in [2.24, 2.45) is 0 Å². The van der Waals surface area contributed by atoms with E-state index in [9.17, 15) is 4.79 Å². The number of amides is 1. The Kier molecular flexibility index (Phi) is 4.24. The summed E-state index contributed by atoms with van der Waals surface area (Å²) in [5.74, 6) is 1.27. The van der Waals surface area contributed by atoms with Gasteiger partial charge in [0.2, 0.25) is 5.91 Å². The lowest BCUT2D eigenvalue weighted by atomic mass is 10.1. The van der Waals surface area contributed by atoms with Crippen LogP contribution < -0.4 is 0 Å². The van der Waals surface area contributed by atoms with Crippen LogP contribution in [-0.4, -0.2) is 37.5 Å². The van der Waals surface area contributed by atoms with Crippen LogP contribution in [0.3, 0.4) is 0 Å². The summed E-state index contributed by atoms with van der Waals surface area (Å²) in [6.45, 7) is 0.764. The SMILES string of the molecule is O=C(Cc1nc(-c2ccccc2)n[nH]1)N1CCC[C@H]1c1ccccn1. The summed E-state index contributed by atoms with van der Waals surface area (Å²) in [4.78, 5) is 23.5. The monoisotopic (exact) mass is 333 g/mol. The highest BCUT2D eigenvalue weighted by Crippen LogP contribution is 2.31. The largest absolute Gasteiger partial charge is 0.334 e. The molecular formula is C19H19N5O. The summed E-state index contributed by atoms with van der Waals surface area (Å²) >= 11 is 0. The molecule has 126 valence electrons. The van der Waals surface area contributed by atoms with E-state index >= 15 is 0 Å². The number of nitrogens with one attached hydrogen (secondary N) is 1. The van der Waals surface area contributed by atoms with Crippen LogP contribution in [-0.2, 0) is 11.2 Å². The van der Waals surface area contributed by atoms with Gasteiger partial charge in [0, 0.05) is 18.3 Å². The Balaban J connectivity index is 1.48. The number of nitrogens with zero attached hydrogens (tertiary/aromatic N) is 4. The van der Waals surface area contributed by atoms with Gasteiger partial charge in [-0.25, -0.2) is 4.98 Å². The van der Waals surface area contributed by atoms with Crippen LogP contribution >= 0.6 is 0 Å². The van der Waals surface area contributed by atoms with Gasteiger partial charge in [-0.3, -0.25) is 14.9 Å². The fourth-order valence-corrected chi connectivity index (χ4v) is 3.28. The number of carbonyl (C=O) groups excluding carboxylic acids is 1. The van der Waals surface area contributed by atoms with Gasteiger partial charge in [0.1, 0.15) is 5.82 Å². The first-order valence-electron chi connectivity index (χ1n) is 8.48. The van der Waals surface area contributed by atoms with Gasteiger partial charge in [-0.1, -0.05) is 36.4 Å². The van der Waals surface area contributed by atoms with Crippen molar-refractivity contribution in [2.75, 3.05) is 6.54 Å². The zero-order chi connectivity index (χ0) is 17.1. The maximum absolute atomic E-state index is 12.8. The van der Waals surface area contributed by atoms with E-state index in [2.05, 4.69) is 20.2 Å². The molecule has 0 spiro atoms. The molecule has 1 aromatic carbocycles. The van der Waals surface area contributed by atoms with E-state index in [0.29, 0.717) is 11.6 Å². The molecule has 3 aromatic rings. The molecular weight excluding hydrogens is 314 g/mol. The Bertz CT molecular complexity index is 847. The average molecular weight is 333 g/mol. The van der Waals surface area contributed by atoms with Gasteiger partial charge in [-0.05, 0) is 25.0 Å². The van der Waals surface area contributed by atoms with Crippen molar-refractivity contribution in [3.63, 3.8) is 0 Å². The van der Waals surface area contributed by atoms with Crippen LogP contribution in [0.5, 0.6) is 0 Å². The van der Waals surface area contributed by atoms with Crippen molar-refractivity contribution < 1.29 is 4.79 Å². The van der Waals surface area contributed by atoms with Crippen LogP contribution in [0.2, 0.25) is 0 Å². The Morgan fingerprint density at radius 1 is 1.16 bits per heavy atom. The van der Waals surface area contributed by atoms with E-state index in [1.165, 1.54) is 0 Å². The van der Waals surface area contributed by atoms with E-state index in [1.54, 1.807) is 6.20 Å². The lowest BCUT2D eigenvalue weighted by Crippen LogP contribution is -2.32. The molecule has 1 N–H and O–H groups in total. The zero-order valence-electron chi connectivity index (χ0n) is 13.8. The van der Waals surface area contributed by atoms with E-state index in [0.717, 1.165) is 30.6 Å². The molecule has 1 amide bonds. The fraction of sp³-hybridized carbons (Fsp3) is 0.263. The molecule has 1 aliphatic rings. The maximum Gasteiger partial charge on any atom is 0.230 e. The molecule has 2 aromatic heterocycles. The fourth-order valence-electron chi connectivity index (χ4n) is 3.28. The van der Waals surface area contributed by atoms with Crippen molar-refractivity contribution in [3.8, 4) is 11.4 Å². The molecule has 1 atom stereocenters. The highest BCUT2D eigenvalue weighted by atomic mass is 16.2. The predicted octanol–water partition coefficient (Wildman–Crippen LogP) is 2.77. The van der Waals surface area contributed by atoms with E-state index in [1.807, 2.05) is 53.4 Å². The molecule has 1 aliphatic heterocycles. The van der Waals surface area contributed by atoms with Gasteiger partial charge in [0.15, 0.2) is 5.82 Å². The van der Waals surface area contributed by atoms with Gasteiger partial charge in [0.25, 0.3) is 0 Å². The standard InChI is InChI=1S/C19H19N5O/c25-18(24-12-6-10-16(24)15-9-4-5-11-20-15)13-17-21-19(23-22-17)14-7-2-1-3-8-14/h1-5,7-9,11,16H,6,10,12-13H2,(H,21,22,23)/t16-/m0/s1. The molecule has 6 nitrogen and oxygen atoms in total. The third kappa shape index (κ3) is 3.28. The van der Waals surface area contributed by atoms with E-state index in [-0.39, 0.29) is 18.4 Å². The molecule has 1 saturated heterocycles. The summed E-state index contributed by atoms with van der Waals surface area (Å²) in [5.41, 5.74) is 1.89. The van der Waals surface area contributed by atoms with Gasteiger partial charge in [-0.2, -0.15) is 5.10 Å². The molecule has 4 rings (SSSR count). The summed E-state index contributed by atoms with van der Waals surface area (Å²) < 4.78 is 0. The molecule has 6 heteroatoms. The highest BCUT2D eigenvalue weighted by Gasteiger charge is 2.31. The molecule has 1 fully saturated rings. The first-order chi connectivity index (χ1) is 12.3. The maximum atomic E-state index is 12.8. The third-order valence-electron chi connectivity index (χ3n) is 4.48.